The second kappa shape index (κ2) is 7.92. The van der Waals surface area contributed by atoms with Crippen molar-refractivity contribution in [2.45, 2.75) is 4.90 Å². The Hall–Kier alpha value is -1.78. The Morgan fingerprint density at radius 1 is 1.11 bits per heavy atom. The number of aromatic nitrogens is 1. The highest BCUT2D eigenvalue weighted by Crippen LogP contribution is 2.27. The van der Waals surface area contributed by atoms with Gasteiger partial charge in [-0.3, -0.25) is 4.79 Å². The molecule has 6 nitrogen and oxygen atoms in total. The van der Waals surface area contributed by atoms with E-state index >= 15 is 0 Å². The predicted octanol–water partition coefficient (Wildman–Crippen LogP) is 3.67. The van der Waals surface area contributed by atoms with Gasteiger partial charge in [0.25, 0.3) is 5.91 Å². The van der Waals surface area contributed by atoms with Gasteiger partial charge in [-0.1, -0.05) is 17.7 Å². The van der Waals surface area contributed by atoms with E-state index in [1.807, 2.05) is 16.8 Å². The van der Waals surface area contributed by atoms with Crippen LogP contribution in [0.3, 0.4) is 0 Å². The lowest BCUT2D eigenvalue weighted by molar-refractivity contribution is 0.0693. The molecule has 0 N–H and O–H groups in total. The van der Waals surface area contributed by atoms with Crippen LogP contribution in [0, 0.1) is 0 Å². The van der Waals surface area contributed by atoms with Crippen LogP contribution in [0.1, 0.15) is 10.5 Å². The first-order chi connectivity index (χ1) is 13.4. The van der Waals surface area contributed by atoms with Crippen molar-refractivity contribution in [2.24, 2.45) is 0 Å². The zero-order chi connectivity index (χ0) is 19.7. The van der Waals surface area contributed by atoms with E-state index in [1.54, 1.807) is 33.7 Å². The fourth-order valence-corrected chi connectivity index (χ4v) is 6.19. The molecule has 1 amide bonds. The van der Waals surface area contributed by atoms with E-state index in [1.165, 1.54) is 27.8 Å². The fourth-order valence-electron chi connectivity index (χ4n) is 2.96. The number of thiazole rings is 1. The number of thiophene rings is 1. The molecule has 28 heavy (non-hydrogen) atoms. The fraction of sp³-hybridized carbons (Fsp3) is 0.222. The van der Waals surface area contributed by atoms with E-state index in [9.17, 15) is 13.2 Å². The predicted molar refractivity (Wildman–Crippen MR) is 112 cm³/mol. The summed E-state index contributed by atoms with van der Waals surface area (Å²) >= 11 is 8.93. The van der Waals surface area contributed by atoms with Crippen molar-refractivity contribution in [1.82, 2.24) is 14.2 Å². The van der Waals surface area contributed by atoms with Gasteiger partial charge in [-0.15, -0.1) is 11.3 Å². The van der Waals surface area contributed by atoms with E-state index in [4.69, 9.17) is 11.6 Å². The maximum atomic E-state index is 12.8. The Balaban J connectivity index is 1.43. The highest BCUT2D eigenvalue weighted by atomic mass is 35.5. The Labute approximate surface area is 176 Å². The monoisotopic (exact) mass is 453 g/mol. The number of rotatable bonds is 4. The lowest BCUT2D eigenvalue weighted by atomic mass is 10.3. The van der Waals surface area contributed by atoms with Crippen molar-refractivity contribution in [2.75, 3.05) is 26.2 Å². The molecule has 1 aliphatic heterocycles. The minimum absolute atomic E-state index is 0.166. The molecule has 3 heterocycles. The molecular formula is C18H16ClN3O3S3. The van der Waals surface area contributed by atoms with Crippen LogP contribution in [0.5, 0.6) is 0 Å². The molecule has 0 spiro atoms. The summed E-state index contributed by atoms with van der Waals surface area (Å²) in [5, 5.41) is 6.90. The summed E-state index contributed by atoms with van der Waals surface area (Å²) in [6.07, 6.45) is 0. The summed E-state index contributed by atoms with van der Waals surface area (Å²) in [6, 6.07) is 8.19. The van der Waals surface area contributed by atoms with E-state index in [-0.39, 0.29) is 23.9 Å². The molecule has 1 aliphatic rings. The Morgan fingerprint density at radius 3 is 2.57 bits per heavy atom. The Morgan fingerprint density at radius 2 is 1.89 bits per heavy atom. The maximum absolute atomic E-state index is 12.8. The van der Waals surface area contributed by atoms with Crippen molar-refractivity contribution in [1.29, 1.82) is 0 Å². The van der Waals surface area contributed by atoms with E-state index in [0.717, 1.165) is 10.6 Å². The van der Waals surface area contributed by atoms with Crippen molar-refractivity contribution in [3.05, 3.63) is 57.2 Å². The first kappa shape index (κ1) is 19.5. The number of hydrogen-bond donors (Lipinski definition) is 0. The number of piperazine rings is 1. The zero-order valence-electron chi connectivity index (χ0n) is 14.6. The third-order valence-corrected chi connectivity index (χ3v) is 8.16. The van der Waals surface area contributed by atoms with Crippen LogP contribution in [-0.2, 0) is 10.0 Å². The van der Waals surface area contributed by atoms with Gasteiger partial charge in [-0.2, -0.15) is 15.6 Å². The van der Waals surface area contributed by atoms with Crippen molar-refractivity contribution in [3.63, 3.8) is 0 Å². The van der Waals surface area contributed by atoms with Crippen LogP contribution in [0.2, 0.25) is 5.02 Å². The Kier molecular flexibility index (Phi) is 5.52. The highest BCUT2D eigenvalue weighted by Gasteiger charge is 2.31. The van der Waals surface area contributed by atoms with Gasteiger partial charge in [0.1, 0.15) is 10.7 Å². The third-order valence-electron chi connectivity index (χ3n) is 4.45. The lowest BCUT2D eigenvalue weighted by Gasteiger charge is -2.33. The Bertz CT molecular complexity index is 1090. The average molecular weight is 454 g/mol. The standard InChI is InChI=1S/C18H16ClN3O3S3/c19-14-2-1-3-15(10-14)28(24,25)22-7-5-21(6-8-22)18(23)16-12-27-17(20-16)13-4-9-26-11-13/h1-4,9-12H,5-8H2. The van der Waals surface area contributed by atoms with Crippen LogP contribution < -0.4 is 0 Å². The van der Waals surface area contributed by atoms with E-state index in [0.29, 0.717) is 23.8 Å². The molecule has 1 aromatic carbocycles. The molecule has 2 aromatic heterocycles. The van der Waals surface area contributed by atoms with Crippen molar-refractivity contribution in [3.8, 4) is 10.6 Å². The summed E-state index contributed by atoms with van der Waals surface area (Å²) in [5.41, 5.74) is 1.41. The van der Waals surface area contributed by atoms with Gasteiger partial charge in [-0.25, -0.2) is 13.4 Å². The summed E-state index contributed by atoms with van der Waals surface area (Å²) in [4.78, 5) is 19.0. The number of benzene rings is 1. The molecule has 146 valence electrons. The highest BCUT2D eigenvalue weighted by molar-refractivity contribution is 7.89. The molecule has 1 fully saturated rings. The number of carbonyl (C=O) groups is 1. The molecule has 0 radical (unpaired) electrons. The smallest absolute Gasteiger partial charge is 0.273 e. The van der Waals surface area contributed by atoms with Crippen LogP contribution in [0.4, 0.5) is 0 Å². The number of sulfonamides is 1. The largest absolute Gasteiger partial charge is 0.335 e. The van der Waals surface area contributed by atoms with E-state index < -0.39 is 10.0 Å². The van der Waals surface area contributed by atoms with Crippen molar-refractivity contribution >= 4 is 50.2 Å². The number of halogens is 1. The third kappa shape index (κ3) is 3.85. The maximum Gasteiger partial charge on any atom is 0.273 e. The molecule has 0 saturated carbocycles. The molecule has 3 aromatic rings. The van der Waals surface area contributed by atoms with Gasteiger partial charge in [0.2, 0.25) is 10.0 Å². The lowest BCUT2D eigenvalue weighted by Crippen LogP contribution is -2.50. The minimum Gasteiger partial charge on any atom is -0.335 e. The van der Waals surface area contributed by atoms with Crippen LogP contribution >= 0.6 is 34.3 Å². The quantitative estimate of drug-likeness (QED) is 0.604. The number of hydrogen-bond acceptors (Lipinski definition) is 6. The second-order valence-corrected chi connectivity index (χ2v) is 10.2. The molecular weight excluding hydrogens is 438 g/mol. The molecule has 10 heteroatoms. The zero-order valence-corrected chi connectivity index (χ0v) is 17.8. The van der Waals surface area contributed by atoms with E-state index in [2.05, 4.69) is 4.98 Å². The summed E-state index contributed by atoms with van der Waals surface area (Å²) < 4.78 is 26.9. The molecule has 0 atom stereocenters. The molecule has 0 unspecified atom stereocenters. The molecule has 0 bridgehead atoms. The van der Waals surface area contributed by atoms with Gasteiger partial charge >= 0.3 is 0 Å². The second-order valence-electron chi connectivity index (χ2n) is 6.20. The summed E-state index contributed by atoms with van der Waals surface area (Å²) in [6.45, 7) is 1.12. The number of carbonyl (C=O) groups excluding carboxylic acids is 1. The van der Waals surface area contributed by atoms with Gasteiger partial charge in [-0.05, 0) is 29.6 Å². The first-order valence-electron chi connectivity index (χ1n) is 8.48. The molecule has 1 saturated heterocycles. The van der Waals surface area contributed by atoms with Gasteiger partial charge < -0.3 is 4.90 Å². The summed E-state index contributed by atoms with van der Waals surface area (Å²) in [7, 11) is -3.63. The van der Waals surface area contributed by atoms with Crippen LogP contribution in [-0.4, -0.2) is 54.7 Å². The molecule has 4 rings (SSSR count). The number of amides is 1. The topological polar surface area (TPSA) is 70.6 Å². The molecule has 0 aliphatic carbocycles. The average Bonchev–Trinajstić information content (AvgIpc) is 3.39. The SMILES string of the molecule is O=C(c1csc(-c2ccsc2)n1)N1CCN(S(=O)(=O)c2cccc(Cl)c2)CC1. The van der Waals surface area contributed by atoms with Crippen LogP contribution in [0.15, 0.2) is 51.4 Å². The first-order valence-corrected chi connectivity index (χ1v) is 12.1. The van der Waals surface area contributed by atoms with Gasteiger partial charge in [0.15, 0.2) is 0 Å². The number of nitrogens with zero attached hydrogens (tertiary/aromatic N) is 3. The van der Waals surface area contributed by atoms with Gasteiger partial charge in [0.05, 0.1) is 4.90 Å². The van der Waals surface area contributed by atoms with Gasteiger partial charge in [0, 0.05) is 47.5 Å². The van der Waals surface area contributed by atoms with Crippen molar-refractivity contribution < 1.29 is 13.2 Å². The van der Waals surface area contributed by atoms with Crippen LogP contribution in [0.25, 0.3) is 10.6 Å². The minimum atomic E-state index is -3.63. The summed E-state index contributed by atoms with van der Waals surface area (Å²) in [5.74, 6) is -0.169. The normalized spacial score (nSPS) is 15.7.